The molecular weight excluding hydrogens is 392 g/mol. The maximum atomic E-state index is 13.2. The Kier molecular flexibility index (Phi) is 7.00. The predicted octanol–water partition coefficient (Wildman–Crippen LogP) is 0.905. The third-order valence-corrected chi connectivity index (χ3v) is 3.16. The quantitative estimate of drug-likeness (QED) is 0.203. The lowest BCUT2D eigenvalue weighted by atomic mass is 10.2. The van der Waals surface area contributed by atoms with Gasteiger partial charge in [0.2, 0.25) is 5.83 Å². The minimum atomic E-state index is -6.24. The van der Waals surface area contributed by atoms with E-state index in [2.05, 4.69) is 16.1 Å². The van der Waals surface area contributed by atoms with E-state index in [1.807, 2.05) is 0 Å². The number of rotatable bonds is 8. The maximum Gasteiger partial charge on any atom is 0.466 e. The molecule has 0 heterocycles. The van der Waals surface area contributed by atoms with Gasteiger partial charge in [-0.25, -0.2) is 4.79 Å². The summed E-state index contributed by atoms with van der Waals surface area (Å²) in [5.41, 5.74) is 0. The van der Waals surface area contributed by atoms with Crippen molar-refractivity contribution >= 4 is 22.0 Å². The van der Waals surface area contributed by atoms with Gasteiger partial charge in [0.05, 0.1) is 0 Å². The summed E-state index contributed by atoms with van der Waals surface area (Å²) < 4.78 is 114. The number of esters is 1. The van der Waals surface area contributed by atoms with E-state index in [1.165, 1.54) is 5.32 Å². The zero-order valence-electron chi connectivity index (χ0n) is 12.2. The van der Waals surface area contributed by atoms with E-state index in [1.54, 1.807) is 0 Å². The molecule has 25 heavy (non-hydrogen) atoms. The van der Waals surface area contributed by atoms with Crippen LogP contribution in [0.3, 0.4) is 0 Å². The molecule has 0 spiro atoms. The lowest BCUT2D eigenvalue weighted by molar-refractivity contribution is -0.353. The van der Waals surface area contributed by atoms with Crippen LogP contribution in [0.1, 0.15) is 6.92 Å². The molecule has 0 aromatic carbocycles. The Hall–Kier alpha value is -1.87. The molecule has 0 fully saturated rings. The summed E-state index contributed by atoms with van der Waals surface area (Å²) in [6.45, 7) is 0.0856. The smallest absolute Gasteiger partial charge is 0.410 e. The number of alkyl halides is 5. The summed E-state index contributed by atoms with van der Waals surface area (Å²) in [6.07, 6.45) is -6.05. The number of hydrogen-bond donors (Lipinski definition) is 2. The summed E-state index contributed by atoms with van der Waals surface area (Å²) in [4.78, 5) is 22.6. The monoisotopic (exact) mass is 403 g/mol. The van der Waals surface area contributed by atoms with Crippen LogP contribution in [0.5, 0.6) is 0 Å². The van der Waals surface area contributed by atoms with E-state index in [9.17, 15) is 44.3 Å². The zero-order chi connectivity index (χ0) is 20.3. The highest BCUT2D eigenvalue weighted by atomic mass is 32.2. The number of amides is 1. The molecular formula is C10H11F6NO7S. The van der Waals surface area contributed by atoms with Crippen LogP contribution in [0.4, 0.5) is 26.3 Å². The molecule has 8 nitrogen and oxygen atoms in total. The number of carbonyl (C=O) groups is 2. The van der Waals surface area contributed by atoms with Gasteiger partial charge in [0.25, 0.3) is 0 Å². The summed E-state index contributed by atoms with van der Waals surface area (Å²) >= 11 is 0. The van der Waals surface area contributed by atoms with Crippen LogP contribution < -0.4 is 5.32 Å². The van der Waals surface area contributed by atoms with Gasteiger partial charge in [-0.3, -0.25) is 9.35 Å². The fourth-order valence-electron chi connectivity index (χ4n) is 1.13. The minimum Gasteiger partial charge on any atom is -0.410 e. The standard InChI is InChI=1S/C10H11F6NO7S/c1-3-17-7(19)9(10(14,15)16,24-6(18)5(2)11)23-4-8(12,13)25(20,21)22/h2-4H2,1H3,(H,17,19)(H,20,21,22). The van der Waals surface area contributed by atoms with Crippen LogP contribution in [0.15, 0.2) is 12.4 Å². The van der Waals surface area contributed by atoms with Crippen molar-refractivity contribution < 1.29 is 58.4 Å². The van der Waals surface area contributed by atoms with Crippen LogP contribution in [0.2, 0.25) is 0 Å². The number of likely N-dealkylation sites (N-methyl/N-ethyl adjacent to an activating group) is 1. The Balaban J connectivity index is 6.06. The van der Waals surface area contributed by atoms with Gasteiger partial charge < -0.3 is 14.8 Å². The number of hydrogen-bond acceptors (Lipinski definition) is 6. The third-order valence-electron chi connectivity index (χ3n) is 2.29. The fourth-order valence-corrected chi connectivity index (χ4v) is 1.34. The number of ether oxygens (including phenoxy) is 2. The van der Waals surface area contributed by atoms with Crippen molar-refractivity contribution in [1.29, 1.82) is 0 Å². The van der Waals surface area contributed by atoms with Gasteiger partial charge >= 0.3 is 39.2 Å². The maximum absolute atomic E-state index is 13.2. The van der Waals surface area contributed by atoms with Crippen molar-refractivity contribution in [2.45, 2.75) is 24.1 Å². The van der Waals surface area contributed by atoms with Gasteiger partial charge in [0.15, 0.2) is 0 Å². The average Bonchev–Trinajstić information content (AvgIpc) is 2.40. The van der Waals surface area contributed by atoms with Crippen molar-refractivity contribution in [3.8, 4) is 0 Å². The largest absolute Gasteiger partial charge is 0.466 e. The predicted molar refractivity (Wildman–Crippen MR) is 66.3 cm³/mol. The molecule has 0 saturated heterocycles. The van der Waals surface area contributed by atoms with Crippen LogP contribution in [-0.2, 0) is 29.2 Å². The number of nitrogens with one attached hydrogen (secondary N) is 1. The molecule has 0 aromatic rings. The summed E-state index contributed by atoms with van der Waals surface area (Å²) in [6, 6.07) is 0. The van der Waals surface area contributed by atoms with Crippen LogP contribution in [0.25, 0.3) is 0 Å². The number of halogens is 6. The molecule has 0 bridgehead atoms. The zero-order valence-corrected chi connectivity index (χ0v) is 13.0. The van der Waals surface area contributed by atoms with Gasteiger partial charge in [0.1, 0.15) is 6.61 Å². The molecule has 0 aromatic heterocycles. The van der Waals surface area contributed by atoms with Crippen LogP contribution in [0, 0.1) is 0 Å². The van der Waals surface area contributed by atoms with E-state index in [0.29, 0.717) is 0 Å². The molecule has 1 amide bonds. The lowest BCUT2D eigenvalue weighted by Crippen LogP contribution is -2.62. The third kappa shape index (κ3) is 5.30. The lowest BCUT2D eigenvalue weighted by Gasteiger charge is -2.33. The first-order valence-electron chi connectivity index (χ1n) is 5.93. The second kappa shape index (κ2) is 7.57. The highest BCUT2D eigenvalue weighted by molar-refractivity contribution is 7.86. The first-order valence-corrected chi connectivity index (χ1v) is 7.37. The molecule has 0 saturated carbocycles. The van der Waals surface area contributed by atoms with E-state index in [-0.39, 0.29) is 0 Å². The second-order valence-electron chi connectivity index (χ2n) is 4.17. The van der Waals surface area contributed by atoms with E-state index in [0.717, 1.165) is 6.92 Å². The van der Waals surface area contributed by atoms with E-state index in [4.69, 9.17) is 4.55 Å². The molecule has 146 valence electrons. The van der Waals surface area contributed by atoms with Crippen molar-refractivity contribution in [2.75, 3.05) is 13.2 Å². The van der Waals surface area contributed by atoms with Gasteiger partial charge in [-0.1, -0.05) is 6.58 Å². The SMILES string of the molecule is C=C(F)C(=O)OC(OCC(F)(F)S(=O)(=O)O)(C(=O)NCC)C(F)(F)F. The molecule has 15 heteroatoms. The van der Waals surface area contributed by atoms with Crippen LogP contribution >= 0.6 is 0 Å². The molecule has 0 aliphatic heterocycles. The Morgan fingerprint density at radius 2 is 1.68 bits per heavy atom. The first kappa shape index (κ1) is 23.1. The number of carbonyl (C=O) groups excluding carboxylic acids is 2. The molecule has 0 rings (SSSR count). The summed E-state index contributed by atoms with van der Waals surface area (Å²) in [7, 11) is -6.24. The molecule has 2 N–H and O–H groups in total. The van der Waals surface area contributed by atoms with E-state index < -0.39 is 58.2 Å². The molecule has 0 radical (unpaired) electrons. The topological polar surface area (TPSA) is 119 Å². The Bertz CT molecular complexity index is 647. The normalized spacial score (nSPS) is 15.2. The van der Waals surface area contributed by atoms with Gasteiger partial charge in [-0.15, -0.1) is 0 Å². The summed E-state index contributed by atoms with van der Waals surface area (Å²) in [5.74, 6) is -11.8. The first-order chi connectivity index (χ1) is 11.0. The highest BCUT2D eigenvalue weighted by Gasteiger charge is 2.67. The van der Waals surface area contributed by atoms with Crippen molar-refractivity contribution in [3.63, 3.8) is 0 Å². The fraction of sp³-hybridized carbons (Fsp3) is 0.600. The molecule has 1 atom stereocenters. The van der Waals surface area contributed by atoms with Crippen molar-refractivity contribution in [3.05, 3.63) is 12.4 Å². The molecule has 0 aliphatic rings. The average molecular weight is 403 g/mol. The van der Waals surface area contributed by atoms with Crippen LogP contribution in [-0.4, -0.2) is 55.2 Å². The van der Waals surface area contributed by atoms with Gasteiger partial charge in [-0.2, -0.15) is 34.8 Å². The van der Waals surface area contributed by atoms with Crippen molar-refractivity contribution in [2.24, 2.45) is 0 Å². The highest BCUT2D eigenvalue weighted by Crippen LogP contribution is 2.37. The summed E-state index contributed by atoms with van der Waals surface area (Å²) in [5, 5.41) is -3.87. The van der Waals surface area contributed by atoms with Gasteiger partial charge in [-0.05, 0) is 6.92 Å². The molecule has 0 aliphatic carbocycles. The van der Waals surface area contributed by atoms with Gasteiger partial charge in [0, 0.05) is 6.54 Å². The molecule has 1 unspecified atom stereocenters. The minimum absolute atomic E-state index is 0.539. The Morgan fingerprint density at radius 3 is 2.00 bits per heavy atom. The second-order valence-corrected chi connectivity index (χ2v) is 5.72. The Labute approximate surface area is 136 Å². The van der Waals surface area contributed by atoms with E-state index >= 15 is 0 Å². The Morgan fingerprint density at radius 1 is 1.20 bits per heavy atom. The van der Waals surface area contributed by atoms with Crippen molar-refractivity contribution in [1.82, 2.24) is 5.32 Å².